The molecule has 0 saturated heterocycles. The minimum absolute atomic E-state index is 0.0176. The van der Waals surface area contributed by atoms with Gasteiger partial charge in [0.05, 0.1) is 24.1 Å². The maximum absolute atomic E-state index is 13.0. The van der Waals surface area contributed by atoms with Crippen LogP contribution in [0.25, 0.3) is 48.7 Å². The Morgan fingerprint density at radius 2 is 1.09 bits per heavy atom. The topological polar surface area (TPSA) is 29.5 Å². The quantitative estimate of drug-likeness (QED) is 0.116. The Bertz CT molecular complexity index is 2210. The Labute approximate surface area is 251 Å². The second-order valence-corrected chi connectivity index (χ2v) is 10.9. The third-order valence-electron chi connectivity index (χ3n) is 8.40. The molecule has 0 aliphatic heterocycles. The van der Waals surface area contributed by atoms with Crippen molar-refractivity contribution in [1.29, 1.82) is 0 Å². The largest absolute Gasteiger partial charge is 0.501 e. The number of ether oxygens (including phenoxy) is 1. The van der Waals surface area contributed by atoms with Gasteiger partial charge in [0.25, 0.3) is 0 Å². The highest BCUT2D eigenvalue weighted by molar-refractivity contribution is 6.29. The molecule has 0 aliphatic rings. The van der Waals surface area contributed by atoms with Gasteiger partial charge in [-0.1, -0.05) is 103 Å². The lowest BCUT2D eigenvalue weighted by molar-refractivity contribution is -0.111. The first-order valence-electron chi connectivity index (χ1n) is 14.5. The lowest BCUT2D eigenvalue weighted by atomic mass is 9.88. The van der Waals surface area contributed by atoms with Crippen LogP contribution in [0.15, 0.2) is 139 Å². The standard InChI is InChI=1S/C40H31NO2/c1-26(42)40(27(2)43-3)37-24-35-33-21-11-12-22-34(33)39(25-36(35)31-19-9-10-20-32(31)37)41(29-16-5-4-6-17-29)38-23-13-15-28-14-7-8-18-30(28)38/h4-25H,1-3H3/b40-27+. The Kier molecular flexibility index (Phi) is 6.64. The number of rotatable bonds is 6. The molecule has 7 rings (SSSR count). The van der Waals surface area contributed by atoms with Gasteiger partial charge in [0.1, 0.15) is 5.76 Å². The lowest BCUT2D eigenvalue weighted by Crippen LogP contribution is -2.11. The van der Waals surface area contributed by atoms with E-state index in [2.05, 4.69) is 132 Å². The van der Waals surface area contributed by atoms with Crippen molar-refractivity contribution in [1.82, 2.24) is 0 Å². The average molecular weight is 558 g/mol. The SMILES string of the molecule is CO/C(C)=C(\C(C)=O)c1cc2c3ccccc3c(N(c3ccccc3)c3cccc4ccccc34)cc2c2ccccc12. The summed E-state index contributed by atoms with van der Waals surface area (Å²) in [6, 6.07) is 47.0. The summed E-state index contributed by atoms with van der Waals surface area (Å²) in [4.78, 5) is 15.4. The van der Waals surface area contributed by atoms with Crippen LogP contribution in [-0.2, 0) is 9.53 Å². The molecule has 208 valence electrons. The molecule has 0 aliphatic carbocycles. The fourth-order valence-electron chi connectivity index (χ4n) is 6.44. The van der Waals surface area contributed by atoms with E-state index in [0.717, 1.165) is 54.9 Å². The van der Waals surface area contributed by atoms with Gasteiger partial charge in [-0.15, -0.1) is 0 Å². The second kappa shape index (κ2) is 10.8. The molecular formula is C40H31NO2. The van der Waals surface area contributed by atoms with Gasteiger partial charge in [-0.2, -0.15) is 0 Å². The monoisotopic (exact) mass is 557 g/mol. The molecular weight excluding hydrogens is 526 g/mol. The number of anilines is 3. The van der Waals surface area contributed by atoms with Crippen LogP contribution in [0.2, 0.25) is 0 Å². The molecule has 0 fully saturated rings. The van der Waals surface area contributed by atoms with Crippen LogP contribution in [0.3, 0.4) is 0 Å². The molecule has 43 heavy (non-hydrogen) atoms. The molecule has 0 spiro atoms. The van der Waals surface area contributed by atoms with Crippen LogP contribution < -0.4 is 4.90 Å². The van der Waals surface area contributed by atoms with Gasteiger partial charge in [0.15, 0.2) is 5.78 Å². The zero-order valence-electron chi connectivity index (χ0n) is 24.5. The lowest BCUT2D eigenvalue weighted by Gasteiger charge is -2.29. The van der Waals surface area contributed by atoms with Crippen molar-refractivity contribution in [3.63, 3.8) is 0 Å². The molecule has 0 bridgehead atoms. The van der Waals surface area contributed by atoms with Crippen molar-refractivity contribution >= 4 is 71.5 Å². The normalized spacial score (nSPS) is 12.1. The maximum atomic E-state index is 13.0. The first kappa shape index (κ1) is 26.5. The predicted molar refractivity (Wildman–Crippen MR) is 181 cm³/mol. The number of nitrogens with zero attached hydrogens (tertiary/aromatic N) is 1. The molecule has 0 N–H and O–H groups in total. The van der Waals surface area contributed by atoms with E-state index in [4.69, 9.17) is 4.74 Å². The van der Waals surface area contributed by atoms with E-state index in [1.807, 2.05) is 13.0 Å². The van der Waals surface area contributed by atoms with E-state index in [1.54, 1.807) is 14.0 Å². The van der Waals surface area contributed by atoms with Crippen LogP contribution >= 0.6 is 0 Å². The first-order chi connectivity index (χ1) is 21.1. The zero-order valence-corrected chi connectivity index (χ0v) is 24.5. The van der Waals surface area contributed by atoms with Crippen molar-refractivity contribution in [2.75, 3.05) is 12.0 Å². The van der Waals surface area contributed by atoms with E-state index in [-0.39, 0.29) is 5.78 Å². The molecule has 3 heteroatoms. The minimum atomic E-state index is -0.0176. The first-order valence-corrected chi connectivity index (χ1v) is 14.5. The number of carbonyl (C=O) groups excluding carboxylic acids is 1. The number of methoxy groups -OCH3 is 1. The number of fused-ring (bicyclic) bond motifs is 6. The smallest absolute Gasteiger partial charge is 0.163 e. The third-order valence-corrected chi connectivity index (χ3v) is 8.40. The average Bonchev–Trinajstić information content (AvgIpc) is 3.05. The summed E-state index contributed by atoms with van der Waals surface area (Å²) in [5.74, 6) is 0.597. The number of benzene rings is 7. The predicted octanol–water partition coefficient (Wildman–Crippen LogP) is 10.7. The summed E-state index contributed by atoms with van der Waals surface area (Å²) < 4.78 is 5.61. The Morgan fingerprint density at radius 3 is 1.79 bits per heavy atom. The van der Waals surface area contributed by atoms with Crippen LogP contribution in [0.5, 0.6) is 0 Å². The number of ketones is 1. The fourth-order valence-corrected chi connectivity index (χ4v) is 6.44. The van der Waals surface area contributed by atoms with Crippen molar-refractivity contribution in [3.05, 3.63) is 145 Å². The van der Waals surface area contributed by atoms with Crippen molar-refractivity contribution in [3.8, 4) is 0 Å². The molecule has 0 amide bonds. The summed E-state index contributed by atoms with van der Waals surface area (Å²) in [5.41, 5.74) is 4.80. The maximum Gasteiger partial charge on any atom is 0.163 e. The Balaban J connectivity index is 1.64. The van der Waals surface area contributed by atoms with Gasteiger partial charge in [-0.25, -0.2) is 0 Å². The summed E-state index contributed by atoms with van der Waals surface area (Å²) >= 11 is 0. The molecule has 0 atom stereocenters. The number of allylic oxidation sites excluding steroid dienone is 2. The number of hydrogen-bond acceptors (Lipinski definition) is 3. The van der Waals surface area contributed by atoms with Crippen LogP contribution in [0, 0.1) is 0 Å². The summed E-state index contributed by atoms with van der Waals surface area (Å²) in [7, 11) is 1.62. The summed E-state index contributed by atoms with van der Waals surface area (Å²) in [5, 5.41) is 8.98. The van der Waals surface area contributed by atoms with Crippen LogP contribution in [0.1, 0.15) is 19.4 Å². The van der Waals surface area contributed by atoms with Crippen LogP contribution in [-0.4, -0.2) is 12.9 Å². The summed E-state index contributed by atoms with van der Waals surface area (Å²) in [6.07, 6.45) is 0. The van der Waals surface area contributed by atoms with Crippen molar-refractivity contribution < 1.29 is 9.53 Å². The second-order valence-electron chi connectivity index (χ2n) is 10.9. The van der Waals surface area contributed by atoms with Gasteiger partial charge in [0.2, 0.25) is 0 Å². The van der Waals surface area contributed by atoms with Crippen molar-refractivity contribution in [2.24, 2.45) is 0 Å². The van der Waals surface area contributed by atoms with Gasteiger partial charge >= 0.3 is 0 Å². The van der Waals surface area contributed by atoms with Gasteiger partial charge in [-0.3, -0.25) is 4.79 Å². The van der Waals surface area contributed by atoms with E-state index in [0.29, 0.717) is 11.3 Å². The molecule has 7 aromatic carbocycles. The Morgan fingerprint density at radius 1 is 0.535 bits per heavy atom. The van der Waals surface area contributed by atoms with Gasteiger partial charge < -0.3 is 9.64 Å². The van der Waals surface area contributed by atoms with E-state index in [9.17, 15) is 4.79 Å². The third kappa shape index (κ3) is 4.41. The highest BCUT2D eigenvalue weighted by Crippen LogP contribution is 2.46. The van der Waals surface area contributed by atoms with Crippen molar-refractivity contribution in [2.45, 2.75) is 13.8 Å². The van der Waals surface area contributed by atoms with E-state index < -0.39 is 0 Å². The zero-order chi connectivity index (χ0) is 29.5. The molecule has 0 heterocycles. The summed E-state index contributed by atoms with van der Waals surface area (Å²) in [6.45, 7) is 3.47. The fraction of sp³-hybridized carbons (Fsp3) is 0.0750. The molecule has 0 aromatic heterocycles. The molecule has 0 unspecified atom stereocenters. The number of Topliss-reactive ketones (excluding diaryl/α,β-unsaturated/α-hetero) is 1. The molecule has 0 radical (unpaired) electrons. The molecule has 0 saturated carbocycles. The molecule has 3 nitrogen and oxygen atoms in total. The van der Waals surface area contributed by atoms with Crippen LogP contribution in [0.4, 0.5) is 17.1 Å². The van der Waals surface area contributed by atoms with E-state index >= 15 is 0 Å². The Hall–Kier alpha value is -5.41. The minimum Gasteiger partial charge on any atom is -0.501 e. The highest BCUT2D eigenvalue weighted by Gasteiger charge is 2.22. The van der Waals surface area contributed by atoms with Gasteiger partial charge in [0, 0.05) is 16.5 Å². The highest BCUT2D eigenvalue weighted by atomic mass is 16.5. The van der Waals surface area contributed by atoms with E-state index in [1.165, 1.54) is 10.8 Å². The number of hydrogen-bond donors (Lipinski definition) is 0. The number of para-hydroxylation sites is 1. The van der Waals surface area contributed by atoms with Gasteiger partial charge in [-0.05, 0) is 82.1 Å². The number of carbonyl (C=O) groups is 1. The molecule has 7 aromatic rings.